The Morgan fingerprint density at radius 1 is 1.52 bits per heavy atom. The average molecular weight is 311 g/mol. The van der Waals surface area contributed by atoms with Crippen LogP contribution in [0.5, 0.6) is 0 Å². The molecule has 1 atom stereocenters. The van der Waals surface area contributed by atoms with Crippen LogP contribution in [0.15, 0.2) is 12.1 Å². The number of rotatable bonds is 7. The van der Waals surface area contributed by atoms with Gasteiger partial charge in [0, 0.05) is 24.6 Å². The number of likely N-dealkylation sites (N-methyl/N-ethyl adjacent to an activating group) is 1. The molecule has 0 fully saturated rings. The van der Waals surface area contributed by atoms with E-state index < -0.39 is 5.97 Å². The molecule has 0 spiro atoms. The highest BCUT2D eigenvalue weighted by molar-refractivity contribution is 7.15. The summed E-state index contributed by atoms with van der Waals surface area (Å²) in [5.74, 6) is -1.05. The smallest absolute Gasteiger partial charge is 0.328 e. The van der Waals surface area contributed by atoms with E-state index in [9.17, 15) is 9.59 Å². The van der Waals surface area contributed by atoms with Gasteiger partial charge >= 0.3 is 5.97 Å². The van der Waals surface area contributed by atoms with Crippen molar-refractivity contribution in [3.05, 3.63) is 27.5 Å². The maximum atomic E-state index is 12.5. The maximum Gasteiger partial charge on any atom is 0.328 e. The minimum absolute atomic E-state index is 0.00656. The van der Waals surface area contributed by atoms with Crippen LogP contribution in [0.4, 0.5) is 0 Å². The minimum atomic E-state index is -1.00. The highest BCUT2D eigenvalue weighted by Crippen LogP contribution is 2.25. The summed E-state index contributed by atoms with van der Waals surface area (Å²) in [5.41, 5.74) is 0.899. The number of aryl methyl sites for hydroxylation is 1. The molecule has 0 aliphatic heterocycles. The van der Waals surface area contributed by atoms with Gasteiger partial charge in [0.15, 0.2) is 0 Å². The number of thiophene rings is 1. The molecule has 1 unspecified atom stereocenters. The molecule has 0 bridgehead atoms. The van der Waals surface area contributed by atoms with Gasteiger partial charge in [0.1, 0.15) is 0 Å². The van der Waals surface area contributed by atoms with Crippen molar-refractivity contribution in [2.45, 2.75) is 26.8 Å². The number of amides is 1. The topological polar surface area (TPSA) is 66.8 Å². The Morgan fingerprint density at radius 3 is 2.71 bits per heavy atom. The van der Waals surface area contributed by atoms with Gasteiger partial charge in [-0.2, -0.15) is 0 Å². The van der Waals surface area contributed by atoms with Crippen molar-refractivity contribution in [1.29, 1.82) is 0 Å². The Kier molecular flexibility index (Phi) is 6.58. The minimum Gasteiger partial charge on any atom is -0.478 e. The largest absolute Gasteiger partial charge is 0.478 e. The van der Waals surface area contributed by atoms with Crippen molar-refractivity contribution in [3.8, 4) is 0 Å². The number of carbonyl (C=O) groups is 2. The molecule has 6 heteroatoms. The lowest BCUT2D eigenvalue weighted by atomic mass is 10.2. The molecule has 1 aromatic heterocycles. The summed E-state index contributed by atoms with van der Waals surface area (Å²) < 4.78 is 5.10. The number of hydrogen-bond acceptors (Lipinski definition) is 4. The summed E-state index contributed by atoms with van der Waals surface area (Å²) in [4.78, 5) is 26.3. The quantitative estimate of drug-likeness (QED) is 0.786. The number of aliphatic carboxylic acids is 1. The molecule has 0 aliphatic carbocycles. The van der Waals surface area contributed by atoms with E-state index in [0.29, 0.717) is 18.0 Å². The molecule has 1 aromatic rings. The zero-order valence-electron chi connectivity index (χ0n) is 12.8. The van der Waals surface area contributed by atoms with Crippen molar-refractivity contribution in [1.82, 2.24) is 4.90 Å². The van der Waals surface area contributed by atoms with Crippen LogP contribution in [0.25, 0.3) is 6.08 Å². The van der Waals surface area contributed by atoms with E-state index in [1.807, 2.05) is 20.8 Å². The summed E-state index contributed by atoms with van der Waals surface area (Å²) >= 11 is 1.31. The number of ether oxygens (including phenoxy) is 1. The second-order valence-electron chi connectivity index (χ2n) is 4.73. The maximum absolute atomic E-state index is 12.5. The summed E-state index contributed by atoms with van der Waals surface area (Å²) in [6, 6.07) is 1.80. The Balaban J connectivity index is 2.96. The van der Waals surface area contributed by atoms with E-state index in [-0.39, 0.29) is 11.9 Å². The normalized spacial score (nSPS) is 12.6. The Bertz CT molecular complexity index is 536. The summed E-state index contributed by atoms with van der Waals surface area (Å²) in [7, 11) is 1.61. The first kappa shape index (κ1) is 17.4. The number of nitrogens with zero attached hydrogens (tertiary/aromatic N) is 1. The average Bonchev–Trinajstić information content (AvgIpc) is 2.78. The lowest BCUT2D eigenvalue weighted by Gasteiger charge is -2.27. The number of carboxylic acid groups (broad SMARTS) is 1. The fourth-order valence-electron chi connectivity index (χ4n) is 2.04. The molecule has 0 saturated carbocycles. The second kappa shape index (κ2) is 7.95. The van der Waals surface area contributed by atoms with Gasteiger partial charge in [0.2, 0.25) is 0 Å². The van der Waals surface area contributed by atoms with Crippen LogP contribution in [-0.4, -0.2) is 48.2 Å². The SMILES string of the molecule is CCN(C(=O)c1cc(C)c(/C=C/C(=O)O)s1)C(C)COC. The van der Waals surface area contributed by atoms with E-state index in [4.69, 9.17) is 9.84 Å². The highest BCUT2D eigenvalue weighted by atomic mass is 32.1. The molecule has 0 aliphatic rings. The first-order chi connectivity index (χ1) is 9.90. The molecule has 5 nitrogen and oxygen atoms in total. The molecule has 1 heterocycles. The fraction of sp³-hybridized carbons (Fsp3) is 0.467. The lowest BCUT2D eigenvalue weighted by molar-refractivity contribution is -0.131. The molecule has 1 rings (SSSR count). The predicted molar refractivity (Wildman–Crippen MR) is 83.8 cm³/mol. The summed E-state index contributed by atoms with van der Waals surface area (Å²) in [6.07, 6.45) is 2.60. The molecule has 21 heavy (non-hydrogen) atoms. The van der Waals surface area contributed by atoms with E-state index >= 15 is 0 Å². The third-order valence-corrected chi connectivity index (χ3v) is 4.28. The van der Waals surface area contributed by atoms with Crippen molar-refractivity contribution in [2.24, 2.45) is 0 Å². The van der Waals surface area contributed by atoms with Crippen molar-refractivity contribution >= 4 is 29.3 Å². The van der Waals surface area contributed by atoms with Crippen molar-refractivity contribution in [2.75, 3.05) is 20.3 Å². The van der Waals surface area contributed by atoms with Gasteiger partial charge in [-0.25, -0.2) is 4.79 Å². The van der Waals surface area contributed by atoms with Gasteiger partial charge in [-0.1, -0.05) is 0 Å². The molecule has 1 amide bonds. The molecule has 0 radical (unpaired) electrons. The zero-order chi connectivity index (χ0) is 16.0. The molecular formula is C15H21NO4S. The van der Waals surface area contributed by atoms with Crippen molar-refractivity contribution in [3.63, 3.8) is 0 Å². The first-order valence-electron chi connectivity index (χ1n) is 6.72. The summed E-state index contributed by atoms with van der Waals surface area (Å²) in [6.45, 7) is 6.81. The number of methoxy groups -OCH3 is 1. The van der Waals surface area contributed by atoms with Gasteiger partial charge in [-0.05, 0) is 38.5 Å². The molecule has 1 N–H and O–H groups in total. The van der Waals surface area contributed by atoms with Gasteiger partial charge in [-0.15, -0.1) is 11.3 Å². The zero-order valence-corrected chi connectivity index (χ0v) is 13.6. The first-order valence-corrected chi connectivity index (χ1v) is 7.53. The van der Waals surface area contributed by atoms with Crippen LogP contribution < -0.4 is 0 Å². The van der Waals surface area contributed by atoms with Gasteiger partial charge in [0.05, 0.1) is 17.5 Å². The standard InChI is InChI=1S/C15H21NO4S/c1-5-16(11(3)9-20-4)15(19)13-8-10(2)12(21-13)6-7-14(17)18/h6-8,11H,5,9H2,1-4H3,(H,17,18)/b7-6+. The van der Waals surface area contributed by atoms with Crippen LogP contribution in [0.2, 0.25) is 0 Å². The molecular weight excluding hydrogens is 290 g/mol. The Morgan fingerprint density at radius 2 is 2.19 bits per heavy atom. The van der Waals surface area contributed by atoms with E-state index in [2.05, 4.69) is 0 Å². The van der Waals surface area contributed by atoms with Crippen LogP contribution >= 0.6 is 11.3 Å². The van der Waals surface area contributed by atoms with Crippen LogP contribution in [0.1, 0.15) is 34.0 Å². The Hall–Kier alpha value is -1.66. The Labute approximate surface area is 128 Å². The van der Waals surface area contributed by atoms with Gasteiger partial charge in [-0.3, -0.25) is 4.79 Å². The fourth-order valence-corrected chi connectivity index (χ4v) is 3.08. The van der Waals surface area contributed by atoms with Crippen LogP contribution in [-0.2, 0) is 9.53 Å². The predicted octanol–water partition coefficient (Wildman–Crippen LogP) is 2.65. The number of hydrogen-bond donors (Lipinski definition) is 1. The molecule has 116 valence electrons. The monoisotopic (exact) mass is 311 g/mol. The highest BCUT2D eigenvalue weighted by Gasteiger charge is 2.22. The van der Waals surface area contributed by atoms with Crippen LogP contribution in [0, 0.1) is 6.92 Å². The number of carboxylic acids is 1. The van der Waals surface area contributed by atoms with E-state index in [0.717, 1.165) is 16.5 Å². The lowest BCUT2D eigenvalue weighted by Crippen LogP contribution is -2.40. The van der Waals surface area contributed by atoms with Gasteiger partial charge in [0.25, 0.3) is 5.91 Å². The second-order valence-corrected chi connectivity index (χ2v) is 5.81. The van der Waals surface area contributed by atoms with Crippen molar-refractivity contribution < 1.29 is 19.4 Å². The van der Waals surface area contributed by atoms with Gasteiger partial charge < -0.3 is 14.7 Å². The van der Waals surface area contributed by atoms with E-state index in [1.165, 1.54) is 17.4 Å². The van der Waals surface area contributed by atoms with E-state index in [1.54, 1.807) is 18.1 Å². The molecule has 0 saturated heterocycles. The van der Waals surface area contributed by atoms with Crippen LogP contribution in [0.3, 0.4) is 0 Å². The third kappa shape index (κ3) is 4.68. The molecule has 0 aromatic carbocycles. The third-order valence-electron chi connectivity index (χ3n) is 3.09. The number of carbonyl (C=O) groups excluding carboxylic acids is 1. The summed E-state index contributed by atoms with van der Waals surface area (Å²) in [5, 5.41) is 8.67.